The van der Waals surface area contributed by atoms with E-state index in [4.69, 9.17) is 16.3 Å². The summed E-state index contributed by atoms with van der Waals surface area (Å²) in [7, 11) is 0. The molecule has 1 nitrogen and oxygen atoms in total. The number of ether oxygens (including phenoxy) is 1. The van der Waals surface area contributed by atoms with Crippen molar-refractivity contribution in [1.82, 2.24) is 0 Å². The minimum atomic E-state index is 0.244. The summed E-state index contributed by atoms with van der Waals surface area (Å²) in [5.41, 5.74) is 1.39. The molecule has 1 aliphatic rings. The van der Waals surface area contributed by atoms with Crippen LogP contribution in [0.5, 0.6) is 5.75 Å². The molecule has 1 aliphatic carbocycles. The molecule has 0 aliphatic heterocycles. The fourth-order valence-electron chi connectivity index (χ4n) is 2.79. The highest BCUT2D eigenvalue weighted by Gasteiger charge is 2.30. The van der Waals surface area contributed by atoms with Gasteiger partial charge in [-0.05, 0) is 43.2 Å². The zero-order valence-corrected chi connectivity index (χ0v) is 13.3. The molecule has 0 unspecified atom stereocenters. The first-order valence-corrected chi connectivity index (χ1v) is 8.16. The lowest BCUT2D eigenvalue weighted by Crippen LogP contribution is -2.30. The van der Waals surface area contributed by atoms with Crippen LogP contribution in [-0.4, -0.2) is 12.4 Å². The van der Waals surface area contributed by atoms with E-state index in [2.05, 4.69) is 19.6 Å². The average molecular weight is 299 g/mol. The Morgan fingerprint density at radius 1 is 1.21 bits per heavy atom. The molecule has 0 saturated heterocycles. The number of thiol groups is 1. The van der Waals surface area contributed by atoms with Crippen LogP contribution in [0.15, 0.2) is 18.2 Å². The molecule has 2 rings (SSSR count). The maximum atomic E-state index is 6.07. The largest absolute Gasteiger partial charge is 0.493 e. The number of halogens is 1. The van der Waals surface area contributed by atoms with Crippen LogP contribution in [0.2, 0.25) is 5.02 Å². The summed E-state index contributed by atoms with van der Waals surface area (Å²) in [5, 5.41) is 0.737. The van der Waals surface area contributed by atoms with Gasteiger partial charge in [0, 0.05) is 10.4 Å². The van der Waals surface area contributed by atoms with Gasteiger partial charge in [0.15, 0.2) is 0 Å². The van der Waals surface area contributed by atoms with Crippen molar-refractivity contribution in [2.45, 2.75) is 45.4 Å². The second-order valence-corrected chi connectivity index (χ2v) is 6.52. The Balaban J connectivity index is 2.04. The Bertz CT molecular complexity index is 411. The lowest BCUT2D eigenvalue weighted by Gasteiger charge is -2.31. The highest BCUT2D eigenvalue weighted by Crippen LogP contribution is 2.37. The third-order valence-electron chi connectivity index (χ3n) is 4.18. The van der Waals surface area contributed by atoms with Gasteiger partial charge in [0.25, 0.3) is 0 Å². The Morgan fingerprint density at radius 3 is 2.53 bits per heavy atom. The molecular formula is C16H23ClOS. The molecule has 1 fully saturated rings. The van der Waals surface area contributed by atoms with Gasteiger partial charge in [-0.3, -0.25) is 0 Å². The van der Waals surface area contributed by atoms with Crippen molar-refractivity contribution in [3.05, 3.63) is 28.8 Å². The Labute approximate surface area is 127 Å². The van der Waals surface area contributed by atoms with Crippen LogP contribution in [0.3, 0.4) is 0 Å². The fourth-order valence-corrected chi connectivity index (χ4v) is 3.36. The third kappa shape index (κ3) is 4.06. The number of rotatable bonds is 4. The van der Waals surface area contributed by atoms with E-state index in [9.17, 15) is 0 Å². The molecule has 0 spiro atoms. The second kappa shape index (κ2) is 6.90. The molecule has 19 heavy (non-hydrogen) atoms. The van der Waals surface area contributed by atoms with Crippen LogP contribution in [-0.2, 0) is 0 Å². The van der Waals surface area contributed by atoms with E-state index in [0.717, 1.165) is 28.7 Å². The average Bonchev–Trinajstić information content (AvgIpc) is 2.66. The van der Waals surface area contributed by atoms with Crippen molar-refractivity contribution in [2.75, 3.05) is 12.4 Å². The lowest BCUT2D eigenvalue weighted by molar-refractivity contribution is 0.147. The molecule has 0 amide bonds. The van der Waals surface area contributed by atoms with E-state index in [1.165, 1.54) is 38.5 Å². The van der Waals surface area contributed by atoms with Crippen molar-refractivity contribution in [3.63, 3.8) is 0 Å². The number of hydrogen-bond acceptors (Lipinski definition) is 2. The summed E-state index contributed by atoms with van der Waals surface area (Å²) in [5.74, 6) is 1.82. The van der Waals surface area contributed by atoms with Crippen molar-refractivity contribution in [1.29, 1.82) is 0 Å². The molecule has 3 heteroatoms. The normalized spacial score (nSPS) is 18.9. The summed E-state index contributed by atoms with van der Waals surface area (Å²) >= 11 is 10.6. The lowest BCUT2D eigenvalue weighted by atomic mass is 9.83. The van der Waals surface area contributed by atoms with Gasteiger partial charge in [0.2, 0.25) is 0 Å². The molecule has 0 aromatic heterocycles. The zero-order valence-electron chi connectivity index (χ0n) is 11.6. The highest BCUT2D eigenvalue weighted by molar-refractivity contribution is 7.80. The molecule has 1 aromatic carbocycles. The predicted molar refractivity (Wildman–Crippen MR) is 85.7 cm³/mol. The molecule has 0 bridgehead atoms. The van der Waals surface area contributed by atoms with Gasteiger partial charge in [-0.15, -0.1) is 0 Å². The van der Waals surface area contributed by atoms with E-state index in [-0.39, 0.29) is 5.41 Å². The van der Waals surface area contributed by atoms with Crippen molar-refractivity contribution < 1.29 is 4.74 Å². The Hall–Kier alpha value is -0.340. The van der Waals surface area contributed by atoms with E-state index < -0.39 is 0 Å². The summed E-state index contributed by atoms with van der Waals surface area (Å²) in [6.07, 6.45) is 7.78. The quantitative estimate of drug-likeness (QED) is 0.586. The molecule has 1 aromatic rings. The maximum absolute atomic E-state index is 6.07. The SMILES string of the molecule is Cc1ccc(Cl)cc1OCC1(CS)CCCCCC1. The highest BCUT2D eigenvalue weighted by atomic mass is 35.5. The van der Waals surface area contributed by atoms with E-state index in [1.807, 2.05) is 18.2 Å². The molecule has 0 N–H and O–H groups in total. The summed E-state index contributed by atoms with van der Waals surface area (Å²) in [6, 6.07) is 5.84. The van der Waals surface area contributed by atoms with E-state index in [1.54, 1.807) is 0 Å². The summed E-state index contributed by atoms with van der Waals surface area (Å²) in [6.45, 7) is 2.82. The summed E-state index contributed by atoms with van der Waals surface area (Å²) in [4.78, 5) is 0. The van der Waals surface area contributed by atoms with E-state index in [0.29, 0.717) is 0 Å². The Morgan fingerprint density at radius 2 is 1.89 bits per heavy atom. The van der Waals surface area contributed by atoms with Gasteiger partial charge >= 0.3 is 0 Å². The smallest absolute Gasteiger partial charge is 0.123 e. The third-order valence-corrected chi connectivity index (χ3v) is 5.09. The second-order valence-electron chi connectivity index (χ2n) is 5.77. The number of benzene rings is 1. The number of hydrogen-bond donors (Lipinski definition) is 1. The fraction of sp³-hybridized carbons (Fsp3) is 0.625. The standard InChI is InChI=1S/C16H23ClOS/c1-13-6-7-14(17)10-15(13)18-11-16(12-19)8-4-2-3-5-9-16/h6-7,10,19H,2-5,8-9,11-12H2,1H3. The molecule has 0 heterocycles. The molecule has 0 radical (unpaired) electrons. The Kier molecular flexibility index (Phi) is 5.47. The molecule has 0 atom stereocenters. The van der Waals surface area contributed by atoms with Crippen LogP contribution < -0.4 is 4.74 Å². The van der Waals surface area contributed by atoms with Gasteiger partial charge in [-0.2, -0.15) is 12.6 Å². The van der Waals surface area contributed by atoms with Crippen LogP contribution in [0.25, 0.3) is 0 Å². The maximum Gasteiger partial charge on any atom is 0.123 e. The predicted octanol–water partition coefficient (Wildman–Crippen LogP) is 5.30. The van der Waals surface area contributed by atoms with Crippen molar-refractivity contribution in [2.24, 2.45) is 5.41 Å². The topological polar surface area (TPSA) is 9.23 Å². The van der Waals surface area contributed by atoms with Crippen LogP contribution in [0.1, 0.15) is 44.1 Å². The minimum absolute atomic E-state index is 0.244. The van der Waals surface area contributed by atoms with Crippen LogP contribution >= 0.6 is 24.2 Å². The van der Waals surface area contributed by atoms with Gasteiger partial charge in [-0.25, -0.2) is 0 Å². The van der Waals surface area contributed by atoms with Gasteiger partial charge in [0.1, 0.15) is 5.75 Å². The van der Waals surface area contributed by atoms with Gasteiger partial charge < -0.3 is 4.74 Å². The van der Waals surface area contributed by atoms with Gasteiger partial charge in [-0.1, -0.05) is 43.4 Å². The number of aryl methyl sites for hydroxylation is 1. The first-order valence-electron chi connectivity index (χ1n) is 7.15. The zero-order chi connectivity index (χ0) is 13.7. The molecule has 1 saturated carbocycles. The van der Waals surface area contributed by atoms with Crippen LogP contribution in [0.4, 0.5) is 0 Å². The first kappa shape index (κ1) is 15.1. The monoisotopic (exact) mass is 298 g/mol. The molecule has 106 valence electrons. The van der Waals surface area contributed by atoms with Crippen LogP contribution in [0, 0.1) is 12.3 Å². The summed E-state index contributed by atoms with van der Waals surface area (Å²) < 4.78 is 6.07. The van der Waals surface area contributed by atoms with E-state index >= 15 is 0 Å². The van der Waals surface area contributed by atoms with Gasteiger partial charge in [0.05, 0.1) is 6.61 Å². The van der Waals surface area contributed by atoms with Crippen molar-refractivity contribution in [3.8, 4) is 5.75 Å². The van der Waals surface area contributed by atoms with Crippen molar-refractivity contribution >= 4 is 24.2 Å². The first-order chi connectivity index (χ1) is 9.15. The molecular weight excluding hydrogens is 276 g/mol. The minimum Gasteiger partial charge on any atom is -0.493 e.